The van der Waals surface area contributed by atoms with Crippen molar-refractivity contribution >= 4 is 29.3 Å². The van der Waals surface area contributed by atoms with Gasteiger partial charge >= 0.3 is 0 Å². The number of hydrogen-bond donors (Lipinski definition) is 2. The normalized spacial score (nSPS) is 17.9. The highest BCUT2D eigenvalue weighted by Crippen LogP contribution is 2.28. The first-order valence-corrected chi connectivity index (χ1v) is 9.28. The van der Waals surface area contributed by atoms with Crippen molar-refractivity contribution in [3.05, 3.63) is 60.2 Å². The lowest BCUT2D eigenvalue weighted by atomic mass is 10.0. The van der Waals surface area contributed by atoms with E-state index in [1.807, 2.05) is 43.3 Å². The molecule has 1 aliphatic rings. The summed E-state index contributed by atoms with van der Waals surface area (Å²) in [6, 6.07) is 18.1. The number of Topliss-reactive ketones (excluding diaryl/α,β-unsaturated/α-hetero) is 1. The number of rotatable bonds is 4. The van der Waals surface area contributed by atoms with Gasteiger partial charge in [0.1, 0.15) is 4.87 Å². The van der Waals surface area contributed by atoms with Crippen molar-refractivity contribution in [3.63, 3.8) is 0 Å². The highest BCUT2D eigenvalue weighted by Gasteiger charge is 2.37. The quantitative estimate of drug-likeness (QED) is 0.542. The van der Waals surface area contributed by atoms with Gasteiger partial charge in [-0.25, -0.2) is 0 Å². The number of nitrogens with zero attached hydrogens (tertiary/aromatic N) is 1. The van der Waals surface area contributed by atoms with Crippen molar-refractivity contribution in [2.75, 3.05) is 26.3 Å². The number of carbonyl (C=O) groups is 1. The van der Waals surface area contributed by atoms with E-state index in [1.54, 1.807) is 0 Å². The predicted octanol–water partition coefficient (Wildman–Crippen LogP) is 4.00. The molecule has 1 saturated heterocycles. The summed E-state index contributed by atoms with van der Waals surface area (Å²) in [5.74, 6) is 0.0194. The molecule has 1 fully saturated rings. The highest BCUT2D eigenvalue weighted by molar-refractivity contribution is 7.82. The van der Waals surface area contributed by atoms with Gasteiger partial charge in [0, 0.05) is 35.2 Å². The van der Waals surface area contributed by atoms with Gasteiger partial charge in [-0.05, 0) is 24.6 Å². The van der Waals surface area contributed by atoms with Crippen LogP contribution in [-0.2, 0) is 4.74 Å². The second-order valence-electron chi connectivity index (χ2n) is 6.80. The Morgan fingerprint density at radius 3 is 2.50 bits per heavy atom. The van der Waals surface area contributed by atoms with Crippen molar-refractivity contribution in [2.45, 2.75) is 11.8 Å². The second kappa shape index (κ2) is 6.91. The third-order valence-electron chi connectivity index (χ3n) is 5.05. The minimum atomic E-state index is -0.827. The Kier molecular flexibility index (Phi) is 4.61. The maximum Gasteiger partial charge on any atom is 0.192 e. The van der Waals surface area contributed by atoms with E-state index in [2.05, 4.69) is 40.7 Å². The lowest BCUT2D eigenvalue weighted by Gasteiger charge is -2.38. The fraction of sp³-hybridized carbons (Fsp3) is 0.286. The van der Waals surface area contributed by atoms with Gasteiger partial charge in [-0.3, -0.25) is 9.69 Å². The SMILES string of the molecule is CC(S)(C(=O)c1ccc(-c2cc3ccccc3[nH]2)cc1)N1CCOCC1. The molecule has 4 rings (SSSR count). The number of hydrogen-bond acceptors (Lipinski definition) is 4. The number of H-pyrrole nitrogens is 1. The molecule has 5 heteroatoms. The average Bonchev–Trinajstić information content (AvgIpc) is 3.12. The molecule has 1 aromatic heterocycles. The fourth-order valence-corrected chi connectivity index (χ4v) is 3.77. The molecule has 1 aliphatic heterocycles. The van der Waals surface area contributed by atoms with Crippen molar-refractivity contribution < 1.29 is 9.53 Å². The summed E-state index contributed by atoms with van der Waals surface area (Å²) in [5.41, 5.74) is 3.89. The molecule has 0 radical (unpaired) electrons. The Hall–Kier alpha value is -2.08. The predicted molar refractivity (Wildman–Crippen MR) is 108 cm³/mol. The highest BCUT2D eigenvalue weighted by atomic mass is 32.1. The first-order valence-electron chi connectivity index (χ1n) is 8.84. The molecule has 4 nitrogen and oxygen atoms in total. The summed E-state index contributed by atoms with van der Waals surface area (Å²) >= 11 is 4.68. The van der Waals surface area contributed by atoms with Crippen LogP contribution in [-0.4, -0.2) is 46.8 Å². The molecule has 1 N–H and O–H groups in total. The number of ketones is 1. The van der Waals surface area contributed by atoms with Gasteiger partial charge in [-0.2, -0.15) is 0 Å². The van der Waals surface area contributed by atoms with Crippen molar-refractivity contribution in [1.29, 1.82) is 0 Å². The number of fused-ring (bicyclic) bond motifs is 1. The number of morpholine rings is 1. The largest absolute Gasteiger partial charge is 0.379 e. The maximum atomic E-state index is 13.0. The Morgan fingerprint density at radius 1 is 1.12 bits per heavy atom. The molecule has 134 valence electrons. The van der Waals surface area contributed by atoms with Crippen LogP contribution < -0.4 is 0 Å². The molecule has 0 amide bonds. The topological polar surface area (TPSA) is 45.3 Å². The molecular formula is C21H22N2O2S. The Balaban J connectivity index is 1.57. The number of carbonyl (C=O) groups excluding carboxylic acids is 1. The van der Waals surface area contributed by atoms with E-state index in [0.717, 1.165) is 29.9 Å². The lowest BCUT2D eigenvalue weighted by molar-refractivity contribution is 0.0139. The summed E-state index contributed by atoms with van der Waals surface area (Å²) in [7, 11) is 0. The van der Waals surface area contributed by atoms with Gasteiger partial charge in [0.05, 0.1) is 13.2 Å². The minimum Gasteiger partial charge on any atom is -0.379 e. The number of para-hydroxylation sites is 1. The number of thiol groups is 1. The van der Waals surface area contributed by atoms with E-state index in [0.29, 0.717) is 18.8 Å². The molecule has 0 bridgehead atoms. The molecule has 0 saturated carbocycles. The summed E-state index contributed by atoms with van der Waals surface area (Å²) in [4.78, 5) is 17.7. The van der Waals surface area contributed by atoms with Crippen LogP contribution in [0.15, 0.2) is 54.6 Å². The van der Waals surface area contributed by atoms with Crippen LogP contribution in [0.1, 0.15) is 17.3 Å². The third-order valence-corrected chi connectivity index (χ3v) is 5.53. The van der Waals surface area contributed by atoms with Crippen LogP contribution in [0, 0.1) is 0 Å². The van der Waals surface area contributed by atoms with E-state index in [4.69, 9.17) is 4.74 Å². The Morgan fingerprint density at radius 2 is 1.81 bits per heavy atom. The zero-order valence-corrected chi connectivity index (χ0v) is 15.6. The Bertz CT molecular complexity index is 892. The van der Waals surface area contributed by atoms with Gasteiger partial charge in [-0.1, -0.05) is 42.5 Å². The van der Waals surface area contributed by atoms with Gasteiger partial charge in [-0.15, -0.1) is 12.6 Å². The average molecular weight is 366 g/mol. The van der Waals surface area contributed by atoms with Crippen LogP contribution in [0.3, 0.4) is 0 Å². The first kappa shape index (κ1) is 17.3. The van der Waals surface area contributed by atoms with Gasteiger partial charge in [0.2, 0.25) is 0 Å². The molecule has 2 aromatic carbocycles. The summed E-state index contributed by atoms with van der Waals surface area (Å²) in [5, 5.41) is 1.18. The Labute approximate surface area is 158 Å². The van der Waals surface area contributed by atoms with E-state index in [9.17, 15) is 4.79 Å². The fourth-order valence-electron chi connectivity index (χ4n) is 3.45. The monoisotopic (exact) mass is 366 g/mol. The van der Waals surface area contributed by atoms with Crippen molar-refractivity contribution in [1.82, 2.24) is 9.88 Å². The number of ether oxygens (including phenoxy) is 1. The number of benzene rings is 2. The molecular weight excluding hydrogens is 344 g/mol. The number of aromatic nitrogens is 1. The zero-order chi connectivity index (χ0) is 18.1. The van der Waals surface area contributed by atoms with E-state index in [-0.39, 0.29) is 5.78 Å². The summed E-state index contributed by atoms with van der Waals surface area (Å²) < 4.78 is 5.38. The number of nitrogens with one attached hydrogen (secondary N) is 1. The summed E-state index contributed by atoms with van der Waals surface area (Å²) in [6.45, 7) is 4.60. The van der Waals surface area contributed by atoms with E-state index >= 15 is 0 Å². The maximum absolute atomic E-state index is 13.0. The van der Waals surface area contributed by atoms with Crippen molar-refractivity contribution in [2.24, 2.45) is 0 Å². The molecule has 1 atom stereocenters. The molecule has 3 aromatic rings. The van der Waals surface area contributed by atoms with E-state index in [1.165, 1.54) is 5.39 Å². The standard InChI is InChI=1S/C21H22N2O2S/c1-21(26,23-10-12-25-13-11-23)20(24)16-8-6-15(7-9-16)19-14-17-4-2-3-5-18(17)22-19/h2-9,14,22,26H,10-13H2,1H3. The van der Waals surface area contributed by atoms with Gasteiger partial charge in [0.15, 0.2) is 5.78 Å². The van der Waals surface area contributed by atoms with E-state index < -0.39 is 4.87 Å². The van der Waals surface area contributed by atoms with Crippen LogP contribution in [0.25, 0.3) is 22.2 Å². The van der Waals surface area contributed by atoms with Crippen LogP contribution in [0.4, 0.5) is 0 Å². The zero-order valence-electron chi connectivity index (χ0n) is 14.7. The molecule has 0 spiro atoms. The number of aromatic amines is 1. The van der Waals surface area contributed by atoms with Crippen molar-refractivity contribution in [3.8, 4) is 11.3 Å². The molecule has 0 aliphatic carbocycles. The second-order valence-corrected chi connectivity index (χ2v) is 7.67. The van der Waals surface area contributed by atoms with Gasteiger partial charge in [0.25, 0.3) is 0 Å². The lowest BCUT2D eigenvalue weighted by Crippen LogP contribution is -2.52. The minimum absolute atomic E-state index is 0.0194. The first-order chi connectivity index (χ1) is 12.6. The van der Waals surface area contributed by atoms with Crippen LogP contribution in [0.5, 0.6) is 0 Å². The van der Waals surface area contributed by atoms with Crippen LogP contribution >= 0.6 is 12.6 Å². The third kappa shape index (κ3) is 3.18. The van der Waals surface area contributed by atoms with Crippen LogP contribution in [0.2, 0.25) is 0 Å². The smallest absolute Gasteiger partial charge is 0.192 e. The molecule has 2 heterocycles. The molecule has 1 unspecified atom stereocenters. The molecule has 26 heavy (non-hydrogen) atoms. The summed E-state index contributed by atoms with van der Waals surface area (Å²) in [6.07, 6.45) is 0. The van der Waals surface area contributed by atoms with Gasteiger partial charge < -0.3 is 9.72 Å².